The van der Waals surface area contributed by atoms with Gasteiger partial charge in [-0.1, -0.05) is 91.0 Å². The number of benzene rings is 3. The molecule has 0 saturated carbocycles. The van der Waals surface area contributed by atoms with Gasteiger partial charge in [0.05, 0.1) is 5.54 Å². The maximum absolute atomic E-state index is 11.9. The van der Waals surface area contributed by atoms with Crippen LogP contribution < -0.4 is 5.73 Å². The molecule has 3 aromatic rings. The molecule has 2 atom stereocenters. The summed E-state index contributed by atoms with van der Waals surface area (Å²) in [5.74, 6) is -0.271. The molecule has 25 heavy (non-hydrogen) atoms. The van der Waals surface area contributed by atoms with Crippen LogP contribution in [-0.4, -0.2) is 23.4 Å². The Morgan fingerprint density at radius 1 is 0.760 bits per heavy atom. The summed E-state index contributed by atoms with van der Waals surface area (Å²) in [6.45, 7) is 0.661. The number of carbonyl (C=O) groups excluding carboxylic acids is 1. The number of nitrogens with zero attached hydrogens (tertiary/aromatic N) is 1. The zero-order valence-corrected chi connectivity index (χ0v) is 13.9. The van der Waals surface area contributed by atoms with Crippen LogP contribution in [0.2, 0.25) is 0 Å². The minimum absolute atomic E-state index is 0.249. The van der Waals surface area contributed by atoms with Gasteiger partial charge in [-0.2, -0.15) is 0 Å². The first-order valence-electron chi connectivity index (χ1n) is 8.47. The Balaban J connectivity index is 2.01. The van der Waals surface area contributed by atoms with Gasteiger partial charge in [-0.05, 0) is 16.7 Å². The summed E-state index contributed by atoms with van der Waals surface area (Å²) >= 11 is 0. The first-order chi connectivity index (χ1) is 12.2. The van der Waals surface area contributed by atoms with Crippen molar-refractivity contribution < 1.29 is 4.79 Å². The topological polar surface area (TPSA) is 46.1 Å². The zero-order valence-electron chi connectivity index (χ0n) is 13.9. The largest absolute Gasteiger partial charge is 0.368 e. The minimum atomic E-state index is -0.524. The fourth-order valence-corrected chi connectivity index (χ4v) is 3.79. The Morgan fingerprint density at radius 3 is 1.40 bits per heavy atom. The maximum atomic E-state index is 11.9. The van der Waals surface area contributed by atoms with Gasteiger partial charge in [0.1, 0.15) is 6.04 Å². The number of primary amides is 1. The summed E-state index contributed by atoms with van der Waals surface area (Å²) in [6.07, 6.45) is 0. The van der Waals surface area contributed by atoms with Crippen molar-refractivity contribution in [2.75, 3.05) is 6.54 Å². The third-order valence-corrected chi connectivity index (χ3v) is 4.95. The molecule has 1 aliphatic heterocycles. The normalized spacial score (nSPS) is 19.4. The summed E-state index contributed by atoms with van der Waals surface area (Å²) in [7, 11) is 0. The number of carbonyl (C=O) groups is 1. The van der Waals surface area contributed by atoms with Gasteiger partial charge in [0.15, 0.2) is 0 Å². The van der Waals surface area contributed by atoms with Crippen LogP contribution >= 0.6 is 0 Å². The molecule has 0 aliphatic carbocycles. The van der Waals surface area contributed by atoms with E-state index < -0.39 is 5.54 Å². The van der Waals surface area contributed by atoms with Crippen molar-refractivity contribution in [2.45, 2.75) is 11.6 Å². The fourth-order valence-electron chi connectivity index (χ4n) is 3.79. The fraction of sp³-hybridized carbons (Fsp3) is 0.136. The molecule has 1 aliphatic rings. The molecule has 4 rings (SSSR count). The van der Waals surface area contributed by atoms with E-state index in [4.69, 9.17) is 5.73 Å². The number of hydrogen-bond donors (Lipinski definition) is 1. The molecule has 3 heteroatoms. The Bertz CT molecular complexity index is 766. The SMILES string of the molecule is NC(=O)C1CN1C(c1ccccc1)(c1ccccc1)c1ccccc1. The molecule has 1 fully saturated rings. The summed E-state index contributed by atoms with van der Waals surface area (Å²) in [5.41, 5.74) is 8.52. The second kappa shape index (κ2) is 6.19. The Hall–Kier alpha value is -2.91. The monoisotopic (exact) mass is 328 g/mol. The van der Waals surface area contributed by atoms with Crippen molar-refractivity contribution in [1.82, 2.24) is 4.90 Å². The van der Waals surface area contributed by atoms with E-state index in [0.717, 1.165) is 16.7 Å². The van der Waals surface area contributed by atoms with Crippen molar-refractivity contribution >= 4 is 5.91 Å². The van der Waals surface area contributed by atoms with E-state index in [-0.39, 0.29) is 11.9 Å². The highest BCUT2D eigenvalue weighted by atomic mass is 16.1. The van der Waals surface area contributed by atoms with Gasteiger partial charge in [0.25, 0.3) is 0 Å². The average Bonchev–Trinajstić information content (AvgIpc) is 3.47. The van der Waals surface area contributed by atoms with Crippen molar-refractivity contribution in [3.63, 3.8) is 0 Å². The average molecular weight is 328 g/mol. The van der Waals surface area contributed by atoms with Crippen LogP contribution in [0.1, 0.15) is 16.7 Å². The predicted octanol–water partition coefficient (Wildman–Crippen LogP) is 3.15. The van der Waals surface area contributed by atoms with E-state index in [1.165, 1.54) is 0 Å². The molecule has 1 amide bonds. The summed E-state index contributed by atoms with van der Waals surface area (Å²) < 4.78 is 0. The van der Waals surface area contributed by atoms with Gasteiger partial charge in [0.2, 0.25) is 5.91 Å². The van der Waals surface area contributed by atoms with Crippen LogP contribution in [0, 0.1) is 0 Å². The van der Waals surface area contributed by atoms with Gasteiger partial charge in [0, 0.05) is 6.54 Å². The Kier molecular flexibility index (Phi) is 3.86. The van der Waals surface area contributed by atoms with E-state index in [0.29, 0.717) is 6.54 Å². The lowest BCUT2D eigenvalue weighted by molar-refractivity contribution is -0.118. The van der Waals surface area contributed by atoms with Crippen LogP contribution in [0.5, 0.6) is 0 Å². The first kappa shape index (κ1) is 15.6. The number of rotatable bonds is 5. The van der Waals surface area contributed by atoms with E-state index in [2.05, 4.69) is 41.3 Å². The third kappa shape index (κ3) is 2.53. The van der Waals surface area contributed by atoms with Crippen LogP contribution in [0.4, 0.5) is 0 Å². The lowest BCUT2D eigenvalue weighted by atomic mass is 9.76. The quantitative estimate of drug-likeness (QED) is 0.578. The molecular formula is C22H20N2O. The first-order valence-corrected chi connectivity index (χ1v) is 8.47. The molecule has 0 radical (unpaired) electrons. The van der Waals surface area contributed by atoms with E-state index in [1.807, 2.05) is 54.6 Å². The Labute approximate surface area is 147 Å². The number of hydrogen-bond acceptors (Lipinski definition) is 2. The summed E-state index contributed by atoms with van der Waals surface area (Å²) in [6, 6.07) is 30.8. The standard InChI is InChI=1S/C22H20N2O/c23-21(25)20-16-24(20)22(17-10-4-1-5-11-17,18-12-6-2-7-13-18)19-14-8-3-9-15-19/h1-15,20H,16H2,(H2,23,25). The lowest BCUT2D eigenvalue weighted by Gasteiger charge is -2.38. The van der Waals surface area contributed by atoms with Crippen molar-refractivity contribution in [2.24, 2.45) is 5.73 Å². The van der Waals surface area contributed by atoms with Crippen LogP contribution in [0.25, 0.3) is 0 Å². The zero-order chi connectivity index (χ0) is 17.3. The van der Waals surface area contributed by atoms with Gasteiger partial charge >= 0.3 is 0 Å². The van der Waals surface area contributed by atoms with Crippen LogP contribution in [-0.2, 0) is 10.3 Å². The van der Waals surface area contributed by atoms with Crippen molar-refractivity contribution in [3.05, 3.63) is 108 Å². The molecule has 3 nitrogen and oxygen atoms in total. The second-order valence-corrected chi connectivity index (χ2v) is 6.38. The molecule has 124 valence electrons. The van der Waals surface area contributed by atoms with E-state index in [9.17, 15) is 4.79 Å². The van der Waals surface area contributed by atoms with E-state index >= 15 is 0 Å². The summed E-state index contributed by atoms with van der Waals surface area (Å²) in [5, 5.41) is 0. The summed E-state index contributed by atoms with van der Waals surface area (Å²) in [4.78, 5) is 14.1. The molecule has 3 aromatic carbocycles. The molecule has 1 saturated heterocycles. The smallest absolute Gasteiger partial charge is 0.236 e. The van der Waals surface area contributed by atoms with Crippen LogP contribution in [0.15, 0.2) is 91.0 Å². The molecule has 1 heterocycles. The van der Waals surface area contributed by atoms with E-state index in [1.54, 1.807) is 0 Å². The minimum Gasteiger partial charge on any atom is -0.368 e. The second-order valence-electron chi connectivity index (χ2n) is 6.38. The van der Waals surface area contributed by atoms with Crippen LogP contribution in [0.3, 0.4) is 0 Å². The molecule has 0 aromatic heterocycles. The Morgan fingerprint density at radius 2 is 1.12 bits per heavy atom. The molecule has 0 bridgehead atoms. The van der Waals surface area contributed by atoms with Gasteiger partial charge in [-0.15, -0.1) is 0 Å². The van der Waals surface area contributed by atoms with Gasteiger partial charge in [-0.25, -0.2) is 0 Å². The number of amides is 1. The molecule has 2 unspecified atom stereocenters. The molecule has 2 N–H and O–H groups in total. The lowest BCUT2D eigenvalue weighted by Crippen LogP contribution is -2.40. The third-order valence-electron chi connectivity index (χ3n) is 4.95. The van der Waals surface area contributed by atoms with Crippen molar-refractivity contribution in [1.29, 1.82) is 0 Å². The molecular weight excluding hydrogens is 308 g/mol. The van der Waals surface area contributed by atoms with Crippen molar-refractivity contribution in [3.8, 4) is 0 Å². The van der Waals surface area contributed by atoms with Gasteiger partial charge in [-0.3, -0.25) is 9.69 Å². The molecule has 0 spiro atoms. The maximum Gasteiger partial charge on any atom is 0.236 e. The number of nitrogens with two attached hydrogens (primary N) is 1. The highest BCUT2D eigenvalue weighted by Crippen LogP contribution is 2.47. The van der Waals surface area contributed by atoms with Gasteiger partial charge < -0.3 is 5.73 Å². The highest BCUT2D eigenvalue weighted by Gasteiger charge is 2.55. The highest BCUT2D eigenvalue weighted by molar-refractivity contribution is 5.83. The predicted molar refractivity (Wildman–Crippen MR) is 98.9 cm³/mol.